The molecule has 0 atom stereocenters. The fourth-order valence-corrected chi connectivity index (χ4v) is 1.26. The highest BCUT2D eigenvalue weighted by Gasteiger charge is 2.12. The summed E-state index contributed by atoms with van der Waals surface area (Å²) in [6.45, 7) is 0. The van der Waals surface area contributed by atoms with Gasteiger partial charge in [-0.25, -0.2) is 13.6 Å². The summed E-state index contributed by atoms with van der Waals surface area (Å²) in [6.07, 6.45) is 0. The molecule has 17 heavy (non-hydrogen) atoms. The molecule has 0 aliphatic rings. The number of carboxylic acids is 1. The van der Waals surface area contributed by atoms with Crippen molar-refractivity contribution >= 4 is 17.5 Å². The third-order valence-electron chi connectivity index (χ3n) is 2.03. The Morgan fingerprint density at radius 1 is 1.18 bits per heavy atom. The van der Waals surface area contributed by atoms with Crippen LogP contribution in [0.1, 0.15) is 10.6 Å². The van der Waals surface area contributed by atoms with Gasteiger partial charge in [0.05, 0.1) is 0 Å². The topological polar surface area (TPSA) is 62.5 Å². The number of carboxylic acid groups (broad SMARTS) is 1. The molecule has 2 rings (SSSR count). The van der Waals surface area contributed by atoms with Gasteiger partial charge in [0.15, 0.2) is 5.88 Å². The number of anilines is 2. The fraction of sp³-hybridized carbons (Fsp3) is 0. The molecular weight excluding hydrogens is 232 g/mol. The van der Waals surface area contributed by atoms with E-state index >= 15 is 0 Å². The van der Waals surface area contributed by atoms with Crippen LogP contribution in [0.2, 0.25) is 0 Å². The molecule has 0 saturated carbocycles. The van der Waals surface area contributed by atoms with Gasteiger partial charge in [0.25, 0.3) is 0 Å². The summed E-state index contributed by atoms with van der Waals surface area (Å²) in [5.74, 6) is -3.21. The van der Waals surface area contributed by atoms with E-state index in [1.54, 1.807) is 0 Å². The normalized spacial score (nSPS) is 10.2. The molecule has 4 nitrogen and oxygen atoms in total. The van der Waals surface area contributed by atoms with Crippen LogP contribution in [0, 0.1) is 11.6 Å². The smallest absolute Gasteiger partial charge is 0.371 e. The summed E-state index contributed by atoms with van der Waals surface area (Å²) >= 11 is 0. The summed E-state index contributed by atoms with van der Waals surface area (Å²) in [6, 6.07) is 5.83. The number of halogens is 2. The number of hydrogen-bond acceptors (Lipinski definition) is 3. The molecule has 1 aromatic heterocycles. The first kappa shape index (κ1) is 11.1. The van der Waals surface area contributed by atoms with E-state index in [0.29, 0.717) is 0 Å². The van der Waals surface area contributed by atoms with E-state index in [1.807, 2.05) is 0 Å². The van der Waals surface area contributed by atoms with Crippen molar-refractivity contribution in [3.63, 3.8) is 0 Å². The SMILES string of the molecule is O=C(O)c1ccc(Nc2c(F)cccc2F)o1. The predicted octanol–water partition coefficient (Wildman–Crippen LogP) is 3.00. The van der Waals surface area contributed by atoms with E-state index in [9.17, 15) is 13.6 Å². The molecular formula is C11H7F2NO3. The van der Waals surface area contributed by atoms with Crippen molar-refractivity contribution in [2.24, 2.45) is 0 Å². The molecule has 1 aromatic carbocycles. The standard InChI is InChI=1S/C11H7F2NO3/c12-6-2-1-3-7(13)10(6)14-9-5-4-8(17-9)11(15)16/h1-5,14H,(H,15,16). The van der Waals surface area contributed by atoms with Crippen LogP contribution >= 0.6 is 0 Å². The van der Waals surface area contributed by atoms with Gasteiger partial charge in [-0.05, 0) is 18.2 Å². The van der Waals surface area contributed by atoms with Crippen molar-refractivity contribution < 1.29 is 23.1 Å². The van der Waals surface area contributed by atoms with E-state index in [0.717, 1.165) is 12.1 Å². The van der Waals surface area contributed by atoms with Crippen molar-refractivity contribution in [1.82, 2.24) is 0 Å². The Kier molecular flexibility index (Phi) is 2.78. The first-order valence-electron chi connectivity index (χ1n) is 4.62. The van der Waals surface area contributed by atoms with Crippen LogP contribution in [0.3, 0.4) is 0 Å². The Labute approximate surface area is 94.5 Å². The molecule has 2 N–H and O–H groups in total. The molecule has 0 aliphatic carbocycles. The van der Waals surface area contributed by atoms with Gasteiger partial charge < -0.3 is 14.8 Å². The van der Waals surface area contributed by atoms with Crippen molar-refractivity contribution in [3.05, 3.63) is 47.7 Å². The quantitative estimate of drug-likeness (QED) is 0.864. The molecule has 0 saturated heterocycles. The molecule has 2 aromatic rings. The average molecular weight is 239 g/mol. The van der Waals surface area contributed by atoms with Gasteiger partial charge in [0.2, 0.25) is 5.76 Å². The average Bonchev–Trinajstić information content (AvgIpc) is 2.72. The van der Waals surface area contributed by atoms with E-state index in [-0.39, 0.29) is 11.6 Å². The molecule has 88 valence electrons. The van der Waals surface area contributed by atoms with Gasteiger partial charge in [-0.1, -0.05) is 6.07 Å². The van der Waals surface area contributed by atoms with Gasteiger partial charge in [-0.3, -0.25) is 0 Å². The molecule has 6 heteroatoms. The minimum Gasteiger partial charge on any atom is -0.475 e. The minimum atomic E-state index is -1.26. The Bertz CT molecular complexity index is 545. The van der Waals surface area contributed by atoms with Crippen molar-refractivity contribution in [3.8, 4) is 0 Å². The lowest BCUT2D eigenvalue weighted by atomic mass is 10.3. The van der Waals surface area contributed by atoms with Gasteiger partial charge >= 0.3 is 5.97 Å². The summed E-state index contributed by atoms with van der Waals surface area (Å²) in [5, 5.41) is 10.9. The highest BCUT2D eigenvalue weighted by atomic mass is 19.1. The van der Waals surface area contributed by atoms with Gasteiger partial charge in [-0.2, -0.15) is 0 Å². The number of furan rings is 1. The minimum absolute atomic E-state index is 0.0496. The maximum atomic E-state index is 13.2. The summed E-state index contributed by atoms with van der Waals surface area (Å²) in [7, 11) is 0. The van der Waals surface area contributed by atoms with Crippen LogP contribution in [-0.2, 0) is 0 Å². The van der Waals surface area contributed by atoms with Crippen molar-refractivity contribution in [2.45, 2.75) is 0 Å². The maximum Gasteiger partial charge on any atom is 0.371 e. The molecule has 0 aliphatic heterocycles. The zero-order valence-electron chi connectivity index (χ0n) is 8.41. The van der Waals surface area contributed by atoms with Crippen LogP contribution in [0.5, 0.6) is 0 Å². The molecule has 0 fully saturated rings. The van der Waals surface area contributed by atoms with Crippen LogP contribution in [-0.4, -0.2) is 11.1 Å². The van der Waals surface area contributed by atoms with Gasteiger partial charge in [0, 0.05) is 6.07 Å². The highest BCUT2D eigenvalue weighted by Crippen LogP contribution is 2.24. The second kappa shape index (κ2) is 4.25. The molecule has 0 unspecified atom stereocenters. The van der Waals surface area contributed by atoms with Crippen LogP contribution in [0.25, 0.3) is 0 Å². The number of rotatable bonds is 3. The zero-order valence-corrected chi connectivity index (χ0v) is 8.41. The maximum absolute atomic E-state index is 13.2. The number of aromatic carboxylic acids is 1. The van der Waals surface area contributed by atoms with E-state index in [4.69, 9.17) is 9.52 Å². The highest BCUT2D eigenvalue weighted by molar-refractivity contribution is 5.85. The second-order valence-electron chi connectivity index (χ2n) is 3.19. The van der Waals surface area contributed by atoms with Crippen molar-refractivity contribution in [2.75, 3.05) is 5.32 Å². The second-order valence-corrected chi connectivity index (χ2v) is 3.19. The number of hydrogen-bond donors (Lipinski definition) is 2. The summed E-state index contributed by atoms with van der Waals surface area (Å²) in [5.41, 5.74) is -0.390. The zero-order chi connectivity index (χ0) is 12.4. The molecule has 0 spiro atoms. The largest absolute Gasteiger partial charge is 0.475 e. The summed E-state index contributed by atoms with van der Waals surface area (Å²) in [4.78, 5) is 10.5. The Balaban J connectivity index is 2.28. The molecule has 0 radical (unpaired) electrons. The summed E-state index contributed by atoms with van der Waals surface area (Å²) < 4.78 is 31.3. The van der Waals surface area contributed by atoms with E-state index < -0.39 is 23.3 Å². The van der Waals surface area contributed by atoms with E-state index in [1.165, 1.54) is 18.2 Å². The molecule has 1 heterocycles. The molecule has 0 bridgehead atoms. The monoisotopic (exact) mass is 239 g/mol. The third-order valence-corrected chi connectivity index (χ3v) is 2.03. The Hall–Kier alpha value is -2.37. The first-order valence-corrected chi connectivity index (χ1v) is 4.62. The molecule has 0 amide bonds. The van der Waals surface area contributed by atoms with Gasteiger partial charge in [0.1, 0.15) is 17.3 Å². The fourth-order valence-electron chi connectivity index (χ4n) is 1.26. The van der Waals surface area contributed by atoms with Gasteiger partial charge in [-0.15, -0.1) is 0 Å². The number of nitrogens with one attached hydrogen (secondary N) is 1. The third kappa shape index (κ3) is 2.25. The van der Waals surface area contributed by atoms with Crippen LogP contribution < -0.4 is 5.32 Å². The van der Waals surface area contributed by atoms with Crippen LogP contribution in [0.4, 0.5) is 20.4 Å². The number of para-hydroxylation sites is 1. The lowest BCUT2D eigenvalue weighted by Crippen LogP contribution is -1.96. The van der Waals surface area contributed by atoms with Crippen molar-refractivity contribution in [1.29, 1.82) is 0 Å². The lowest BCUT2D eigenvalue weighted by molar-refractivity contribution is 0.0663. The lowest BCUT2D eigenvalue weighted by Gasteiger charge is -2.05. The Morgan fingerprint density at radius 3 is 2.35 bits per heavy atom. The number of benzene rings is 1. The van der Waals surface area contributed by atoms with Crippen LogP contribution in [0.15, 0.2) is 34.7 Å². The van der Waals surface area contributed by atoms with E-state index in [2.05, 4.69) is 5.32 Å². The number of carbonyl (C=O) groups is 1. The Morgan fingerprint density at radius 2 is 1.82 bits per heavy atom. The first-order chi connectivity index (χ1) is 8.08. The predicted molar refractivity (Wildman–Crippen MR) is 55.3 cm³/mol.